The molecule has 3 N–H and O–H groups in total. The predicted octanol–water partition coefficient (Wildman–Crippen LogP) is 1.36. The summed E-state index contributed by atoms with van der Waals surface area (Å²) in [6.45, 7) is 1.04. The molecule has 2 heterocycles. The second-order valence-electron chi connectivity index (χ2n) is 3.96. The minimum atomic E-state index is -1.31. The molecule has 0 saturated carbocycles. The quantitative estimate of drug-likeness (QED) is 0.774. The lowest BCUT2D eigenvalue weighted by atomic mass is 10.3. The first-order valence-electron chi connectivity index (χ1n) is 5.68. The number of hydrogen-bond donors (Lipinski definition) is 3. The van der Waals surface area contributed by atoms with Gasteiger partial charge in [0.15, 0.2) is 6.04 Å². The smallest absolute Gasteiger partial charge is 0.328 e. The normalized spacial score (nSPS) is 12.1. The van der Waals surface area contributed by atoms with Crippen molar-refractivity contribution in [3.8, 4) is 9.88 Å². The molecule has 2 rings (SSSR count). The van der Waals surface area contributed by atoms with Crippen LogP contribution in [0.25, 0.3) is 9.88 Å². The van der Waals surface area contributed by atoms with E-state index in [1.807, 2.05) is 17.5 Å². The maximum absolute atomic E-state index is 12.0. The third kappa shape index (κ3) is 3.03. The average molecular weight is 312 g/mol. The van der Waals surface area contributed by atoms with Gasteiger partial charge in [0, 0.05) is 0 Å². The number of aliphatic hydroxyl groups is 1. The van der Waals surface area contributed by atoms with Crippen LogP contribution in [0.3, 0.4) is 0 Å². The van der Waals surface area contributed by atoms with E-state index >= 15 is 0 Å². The van der Waals surface area contributed by atoms with Gasteiger partial charge in [-0.05, 0) is 18.4 Å². The Morgan fingerprint density at radius 2 is 2.25 bits per heavy atom. The van der Waals surface area contributed by atoms with E-state index in [0.29, 0.717) is 10.6 Å². The molecule has 0 unspecified atom stereocenters. The third-order valence-electron chi connectivity index (χ3n) is 2.52. The van der Waals surface area contributed by atoms with Crippen molar-refractivity contribution in [1.29, 1.82) is 0 Å². The van der Waals surface area contributed by atoms with Crippen LogP contribution in [0.15, 0.2) is 17.5 Å². The summed E-state index contributed by atoms with van der Waals surface area (Å²) >= 11 is 2.72. The van der Waals surface area contributed by atoms with Gasteiger partial charge in [0.2, 0.25) is 0 Å². The van der Waals surface area contributed by atoms with Crippen LogP contribution in [0.4, 0.5) is 0 Å². The molecule has 6 nitrogen and oxygen atoms in total. The number of thiophene rings is 1. The zero-order valence-electron chi connectivity index (χ0n) is 10.5. The zero-order chi connectivity index (χ0) is 14.7. The van der Waals surface area contributed by atoms with Gasteiger partial charge in [-0.25, -0.2) is 9.78 Å². The van der Waals surface area contributed by atoms with Crippen molar-refractivity contribution in [2.75, 3.05) is 6.61 Å². The Kier molecular flexibility index (Phi) is 4.48. The van der Waals surface area contributed by atoms with Gasteiger partial charge < -0.3 is 15.5 Å². The van der Waals surface area contributed by atoms with Crippen LogP contribution in [0, 0.1) is 6.92 Å². The van der Waals surface area contributed by atoms with Gasteiger partial charge in [0.1, 0.15) is 9.88 Å². The van der Waals surface area contributed by atoms with E-state index in [2.05, 4.69) is 10.3 Å². The van der Waals surface area contributed by atoms with Gasteiger partial charge in [-0.15, -0.1) is 22.7 Å². The van der Waals surface area contributed by atoms with Crippen LogP contribution in [0.2, 0.25) is 0 Å². The number of thiazole rings is 1. The molecule has 1 atom stereocenters. The molecule has 2 aromatic rings. The maximum atomic E-state index is 12.0. The Bertz CT molecular complexity index is 621. The van der Waals surface area contributed by atoms with E-state index < -0.39 is 24.5 Å². The van der Waals surface area contributed by atoms with Crippen molar-refractivity contribution < 1.29 is 19.8 Å². The molecule has 0 saturated heterocycles. The van der Waals surface area contributed by atoms with Crippen molar-refractivity contribution in [3.63, 3.8) is 0 Å². The SMILES string of the molecule is Cc1nc(-c2cccs2)sc1C(=O)N[C@@H](CO)C(=O)O. The fourth-order valence-electron chi connectivity index (χ4n) is 1.52. The second-order valence-corrected chi connectivity index (χ2v) is 5.90. The fraction of sp³-hybridized carbons (Fsp3) is 0.250. The highest BCUT2D eigenvalue weighted by molar-refractivity contribution is 7.22. The molecule has 0 aliphatic rings. The molecule has 20 heavy (non-hydrogen) atoms. The summed E-state index contributed by atoms with van der Waals surface area (Å²) in [7, 11) is 0. The van der Waals surface area contributed by atoms with Crippen LogP contribution in [0.1, 0.15) is 15.4 Å². The van der Waals surface area contributed by atoms with Crippen LogP contribution in [-0.2, 0) is 4.79 Å². The lowest BCUT2D eigenvalue weighted by Gasteiger charge is -2.10. The number of carboxylic acid groups (broad SMARTS) is 1. The first kappa shape index (κ1) is 14.6. The van der Waals surface area contributed by atoms with Gasteiger partial charge in [0.25, 0.3) is 5.91 Å². The third-order valence-corrected chi connectivity index (χ3v) is 4.72. The van der Waals surface area contributed by atoms with Crippen LogP contribution in [-0.4, -0.2) is 39.7 Å². The molecule has 0 aromatic carbocycles. The topological polar surface area (TPSA) is 99.5 Å². The molecule has 1 amide bonds. The van der Waals surface area contributed by atoms with Crippen LogP contribution in [0.5, 0.6) is 0 Å². The Morgan fingerprint density at radius 1 is 1.50 bits per heavy atom. The molecule has 0 aliphatic carbocycles. The monoisotopic (exact) mass is 312 g/mol. The number of nitrogens with zero attached hydrogens (tertiary/aromatic N) is 1. The van der Waals surface area contributed by atoms with E-state index in [1.54, 1.807) is 6.92 Å². The Labute approximate surface area is 122 Å². The predicted molar refractivity (Wildman–Crippen MR) is 76.1 cm³/mol. The number of aryl methyl sites for hydroxylation is 1. The lowest BCUT2D eigenvalue weighted by molar-refractivity contribution is -0.140. The largest absolute Gasteiger partial charge is 0.480 e. The second kappa shape index (κ2) is 6.12. The molecule has 0 spiro atoms. The number of nitrogens with one attached hydrogen (secondary N) is 1. The van der Waals surface area contributed by atoms with Gasteiger partial charge >= 0.3 is 5.97 Å². The van der Waals surface area contributed by atoms with E-state index in [-0.39, 0.29) is 0 Å². The molecule has 106 valence electrons. The molecule has 2 aromatic heterocycles. The van der Waals surface area contributed by atoms with Crippen molar-refractivity contribution in [1.82, 2.24) is 10.3 Å². The molecule has 0 aliphatic heterocycles. The number of aliphatic carboxylic acids is 1. The van der Waals surface area contributed by atoms with E-state index in [4.69, 9.17) is 10.2 Å². The summed E-state index contributed by atoms with van der Waals surface area (Å²) in [5.74, 6) is -1.81. The number of carboxylic acids is 1. The molecular formula is C12H12N2O4S2. The van der Waals surface area contributed by atoms with Crippen molar-refractivity contribution in [2.45, 2.75) is 13.0 Å². The molecular weight excluding hydrogens is 300 g/mol. The summed E-state index contributed by atoms with van der Waals surface area (Å²) in [4.78, 5) is 28.4. The Balaban J connectivity index is 2.21. The van der Waals surface area contributed by atoms with Gasteiger partial charge in [-0.1, -0.05) is 6.07 Å². The number of hydrogen-bond acceptors (Lipinski definition) is 6. The average Bonchev–Trinajstić information content (AvgIpc) is 3.03. The van der Waals surface area contributed by atoms with E-state index in [9.17, 15) is 9.59 Å². The number of rotatable bonds is 5. The Hall–Kier alpha value is -1.77. The number of aromatic nitrogens is 1. The number of aliphatic hydroxyl groups excluding tert-OH is 1. The molecule has 0 radical (unpaired) electrons. The standard InChI is InChI=1S/C12H12N2O4S2/c1-6-9(10(16)14-7(5-15)12(17)18)20-11(13-6)8-3-2-4-19-8/h2-4,7,15H,5H2,1H3,(H,14,16)(H,17,18)/t7-/m0/s1. The summed E-state index contributed by atoms with van der Waals surface area (Å²) in [5.41, 5.74) is 0.540. The van der Waals surface area contributed by atoms with E-state index in [1.165, 1.54) is 22.7 Å². The molecule has 8 heteroatoms. The minimum absolute atomic E-state index is 0.355. The maximum Gasteiger partial charge on any atom is 0.328 e. The highest BCUT2D eigenvalue weighted by atomic mass is 32.1. The van der Waals surface area contributed by atoms with Crippen molar-refractivity contribution in [3.05, 3.63) is 28.1 Å². The summed E-state index contributed by atoms with van der Waals surface area (Å²) in [5, 5.41) is 22.6. The lowest BCUT2D eigenvalue weighted by Crippen LogP contribution is -2.43. The van der Waals surface area contributed by atoms with Crippen molar-refractivity contribution >= 4 is 34.6 Å². The number of amides is 1. The summed E-state index contributed by atoms with van der Waals surface area (Å²) < 4.78 is 0. The van der Waals surface area contributed by atoms with Gasteiger partial charge in [-0.2, -0.15) is 0 Å². The highest BCUT2D eigenvalue weighted by Gasteiger charge is 2.23. The van der Waals surface area contributed by atoms with Crippen LogP contribution >= 0.6 is 22.7 Å². The first-order chi connectivity index (χ1) is 9.52. The van der Waals surface area contributed by atoms with E-state index in [0.717, 1.165) is 9.88 Å². The van der Waals surface area contributed by atoms with Gasteiger partial charge in [0.05, 0.1) is 17.2 Å². The van der Waals surface area contributed by atoms with Gasteiger partial charge in [-0.3, -0.25) is 4.79 Å². The molecule has 0 bridgehead atoms. The Morgan fingerprint density at radius 3 is 2.80 bits per heavy atom. The number of carbonyl (C=O) groups is 2. The van der Waals surface area contributed by atoms with Crippen LogP contribution < -0.4 is 5.32 Å². The minimum Gasteiger partial charge on any atom is -0.480 e. The summed E-state index contributed by atoms with van der Waals surface area (Å²) in [6.07, 6.45) is 0. The summed E-state index contributed by atoms with van der Waals surface area (Å²) in [6, 6.07) is 2.48. The fourth-order valence-corrected chi connectivity index (χ4v) is 3.29. The molecule has 0 fully saturated rings. The zero-order valence-corrected chi connectivity index (χ0v) is 12.1. The first-order valence-corrected chi connectivity index (χ1v) is 7.38. The highest BCUT2D eigenvalue weighted by Crippen LogP contribution is 2.30. The van der Waals surface area contributed by atoms with Crippen molar-refractivity contribution in [2.24, 2.45) is 0 Å². The number of carbonyl (C=O) groups excluding carboxylic acids is 1.